The zero-order chi connectivity index (χ0) is 13.3. The van der Waals surface area contributed by atoms with Crippen molar-refractivity contribution in [1.29, 1.82) is 0 Å². The summed E-state index contributed by atoms with van der Waals surface area (Å²) in [5.74, 6) is -0.727. The first kappa shape index (κ1) is 13.0. The molecule has 2 rings (SSSR count). The molecule has 0 atom stereocenters. The van der Waals surface area contributed by atoms with Gasteiger partial charge in [-0.25, -0.2) is 0 Å². The lowest BCUT2D eigenvalue weighted by Gasteiger charge is -2.27. The molecule has 1 aromatic rings. The molecule has 0 saturated heterocycles. The number of hydrogen-bond acceptors (Lipinski definition) is 4. The number of hydrogen-bond donors (Lipinski definition) is 2. The van der Waals surface area contributed by atoms with Crippen LogP contribution in [0, 0.1) is 0 Å². The lowest BCUT2D eigenvalue weighted by molar-refractivity contribution is -0.112. The Balaban J connectivity index is 2.59. The van der Waals surface area contributed by atoms with Crippen molar-refractivity contribution in [1.82, 2.24) is 4.90 Å². The number of halogens is 1. The second kappa shape index (κ2) is 5.07. The molecule has 0 fully saturated rings. The van der Waals surface area contributed by atoms with Gasteiger partial charge in [0.1, 0.15) is 0 Å². The average molecular weight is 312 g/mol. The Morgan fingerprint density at radius 3 is 2.83 bits per heavy atom. The molecule has 1 aliphatic heterocycles. The smallest absolute Gasteiger partial charge is 0.271 e. The monoisotopic (exact) mass is 311 g/mol. The van der Waals surface area contributed by atoms with Crippen molar-refractivity contribution in [3.8, 4) is 0 Å². The number of rotatable bonds is 2. The molecule has 6 heteroatoms. The molecule has 1 amide bonds. The van der Waals surface area contributed by atoms with Gasteiger partial charge in [0.2, 0.25) is 0 Å². The number of primary amides is 1. The normalized spacial score (nSPS) is 16.4. The maximum atomic E-state index is 11.3. The van der Waals surface area contributed by atoms with Gasteiger partial charge < -0.3 is 15.8 Å². The Morgan fingerprint density at radius 2 is 2.22 bits per heavy atom. The number of carbonyl (C=O) groups excluding carboxylic acids is 1. The van der Waals surface area contributed by atoms with Crippen LogP contribution in [0.5, 0.6) is 0 Å². The van der Waals surface area contributed by atoms with Crippen LogP contribution in [0.15, 0.2) is 21.8 Å². The lowest BCUT2D eigenvalue weighted by atomic mass is 9.92. The molecule has 3 N–H and O–H groups in total. The highest BCUT2D eigenvalue weighted by atomic mass is 79.9. The third-order valence-electron chi connectivity index (χ3n) is 3.13. The van der Waals surface area contributed by atoms with Crippen LogP contribution in [0.1, 0.15) is 16.7 Å². The van der Waals surface area contributed by atoms with Crippen LogP contribution < -0.4 is 5.73 Å². The maximum Gasteiger partial charge on any atom is 0.271 e. The third-order valence-corrected chi connectivity index (χ3v) is 3.88. The van der Waals surface area contributed by atoms with Crippen molar-refractivity contribution in [2.24, 2.45) is 10.9 Å². The summed E-state index contributed by atoms with van der Waals surface area (Å²) >= 11 is 3.51. The van der Waals surface area contributed by atoms with Gasteiger partial charge in [0.25, 0.3) is 5.91 Å². The van der Waals surface area contributed by atoms with E-state index >= 15 is 0 Å². The number of carbonyl (C=O) groups is 1. The van der Waals surface area contributed by atoms with E-state index in [4.69, 9.17) is 10.9 Å². The number of amides is 1. The molecule has 1 aromatic carbocycles. The van der Waals surface area contributed by atoms with Crippen molar-refractivity contribution in [3.05, 3.63) is 33.3 Å². The molecule has 1 aliphatic rings. The average Bonchev–Trinajstić information content (AvgIpc) is 2.32. The lowest BCUT2D eigenvalue weighted by Crippen LogP contribution is -2.31. The molecule has 18 heavy (non-hydrogen) atoms. The summed E-state index contributed by atoms with van der Waals surface area (Å²) in [7, 11) is 2.01. The van der Waals surface area contributed by atoms with Gasteiger partial charge in [0.05, 0.1) is 0 Å². The van der Waals surface area contributed by atoms with E-state index in [1.807, 2.05) is 13.1 Å². The number of likely N-dealkylation sites (N-methyl/N-ethyl adjacent to an activating group) is 1. The molecule has 0 unspecified atom stereocenters. The van der Waals surface area contributed by atoms with Crippen molar-refractivity contribution >= 4 is 27.5 Å². The van der Waals surface area contributed by atoms with Crippen LogP contribution >= 0.6 is 15.9 Å². The number of nitrogens with zero attached hydrogens (tertiary/aromatic N) is 2. The van der Waals surface area contributed by atoms with E-state index in [1.165, 1.54) is 0 Å². The van der Waals surface area contributed by atoms with E-state index in [0.29, 0.717) is 12.1 Å². The zero-order valence-corrected chi connectivity index (χ0v) is 11.6. The van der Waals surface area contributed by atoms with E-state index in [2.05, 4.69) is 26.0 Å². The van der Waals surface area contributed by atoms with Crippen LogP contribution in [-0.4, -0.2) is 35.3 Å². The van der Waals surface area contributed by atoms with Gasteiger partial charge in [0.15, 0.2) is 5.71 Å². The number of oxime groups is 1. The Bertz CT molecular complexity index is 528. The van der Waals surface area contributed by atoms with E-state index in [-0.39, 0.29) is 5.71 Å². The van der Waals surface area contributed by atoms with Crippen molar-refractivity contribution in [3.63, 3.8) is 0 Å². The summed E-state index contributed by atoms with van der Waals surface area (Å²) in [6.45, 7) is 1.66. The first-order valence-corrected chi connectivity index (χ1v) is 6.35. The fraction of sp³-hybridized carbons (Fsp3) is 0.333. The van der Waals surface area contributed by atoms with Crippen LogP contribution in [0.25, 0.3) is 0 Å². The largest absolute Gasteiger partial charge is 0.410 e. The molecule has 1 heterocycles. The Kier molecular flexibility index (Phi) is 3.68. The summed E-state index contributed by atoms with van der Waals surface area (Å²) in [5.41, 5.74) is 7.88. The molecule has 0 radical (unpaired) electrons. The summed E-state index contributed by atoms with van der Waals surface area (Å²) in [6, 6.07) is 3.61. The molecular weight excluding hydrogens is 298 g/mol. The minimum absolute atomic E-state index is 0.0888. The number of fused-ring (bicyclic) bond motifs is 1. The molecule has 96 valence electrons. The van der Waals surface area contributed by atoms with Gasteiger partial charge in [0, 0.05) is 23.1 Å². The van der Waals surface area contributed by atoms with Crippen LogP contribution in [0.4, 0.5) is 0 Å². The zero-order valence-electron chi connectivity index (χ0n) is 9.98. The molecule has 5 nitrogen and oxygen atoms in total. The molecular formula is C12H14BrN3O2. The highest BCUT2D eigenvalue weighted by Gasteiger charge is 2.23. The van der Waals surface area contributed by atoms with Gasteiger partial charge in [-0.05, 0) is 30.7 Å². The van der Waals surface area contributed by atoms with Gasteiger partial charge in [-0.3, -0.25) is 4.79 Å². The van der Waals surface area contributed by atoms with Crippen LogP contribution in [0.3, 0.4) is 0 Å². The van der Waals surface area contributed by atoms with E-state index in [0.717, 1.165) is 28.6 Å². The summed E-state index contributed by atoms with van der Waals surface area (Å²) in [4.78, 5) is 13.4. The SMILES string of the molecule is CN1CCc2c(Br)ccc(C(=NO)C(N)=O)c2C1. The topological polar surface area (TPSA) is 78.9 Å². The molecule has 0 aromatic heterocycles. The van der Waals surface area contributed by atoms with Gasteiger partial charge in [-0.15, -0.1) is 0 Å². The summed E-state index contributed by atoms with van der Waals surface area (Å²) < 4.78 is 1.01. The standard InChI is InChI=1S/C12H14BrN3O2/c1-16-5-4-7-9(6-16)8(2-3-10(7)13)11(15-18)12(14)17/h2-3,18H,4-6H2,1H3,(H2,14,17). The molecule has 0 saturated carbocycles. The van der Waals surface area contributed by atoms with E-state index in [1.54, 1.807) is 6.07 Å². The quantitative estimate of drug-likeness (QED) is 0.488. The van der Waals surface area contributed by atoms with E-state index < -0.39 is 5.91 Å². The summed E-state index contributed by atoms with van der Waals surface area (Å²) in [6.07, 6.45) is 0.887. The summed E-state index contributed by atoms with van der Waals surface area (Å²) in [5, 5.41) is 12.0. The van der Waals surface area contributed by atoms with Crippen molar-refractivity contribution < 1.29 is 10.0 Å². The van der Waals surface area contributed by atoms with Gasteiger partial charge in [-0.2, -0.15) is 0 Å². The highest BCUT2D eigenvalue weighted by Crippen LogP contribution is 2.29. The Labute approximate surface area is 113 Å². The predicted molar refractivity (Wildman–Crippen MR) is 71.7 cm³/mol. The highest BCUT2D eigenvalue weighted by molar-refractivity contribution is 9.10. The number of nitrogens with two attached hydrogens (primary N) is 1. The van der Waals surface area contributed by atoms with Crippen LogP contribution in [0.2, 0.25) is 0 Å². The second-order valence-corrected chi connectivity index (χ2v) is 5.21. The molecule has 0 bridgehead atoms. The van der Waals surface area contributed by atoms with Crippen LogP contribution in [-0.2, 0) is 17.8 Å². The van der Waals surface area contributed by atoms with E-state index in [9.17, 15) is 4.79 Å². The second-order valence-electron chi connectivity index (χ2n) is 4.35. The fourth-order valence-corrected chi connectivity index (χ4v) is 2.79. The third kappa shape index (κ3) is 2.26. The van der Waals surface area contributed by atoms with Crippen molar-refractivity contribution in [2.75, 3.05) is 13.6 Å². The van der Waals surface area contributed by atoms with Gasteiger partial charge in [-0.1, -0.05) is 27.2 Å². The predicted octanol–water partition coefficient (Wildman–Crippen LogP) is 1.10. The minimum atomic E-state index is -0.727. The minimum Gasteiger partial charge on any atom is -0.410 e. The molecule has 0 aliphatic carbocycles. The Hall–Kier alpha value is -1.40. The molecule has 0 spiro atoms. The maximum absolute atomic E-state index is 11.3. The van der Waals surface area contributed by atoms with Crippen molar-refractivity contribution in [2.45, 2.75) is 13.0 Å². The van der Waals surface area contributed by atoms with Gasteiger partial charge >= 0.3 is 0 Å². The number of benzene rings is 1. The first-order chi connectivity index (χ1) is 8.54. The fourth-order valence-electron chi connectivity index (χ4n) is 2.22. The first-order valence-electron chi connectivity index (χ1n) is 5.55. The Morgan fingerprint density at radius 1 is 1.50 bits per heavy atom.